The largest absolute Gasteiger partial charge is 0.489 e. The molecular weight excluding hydrogens is 396 g/mol. The van der Waals surface area contributed by atoms with Gasteiger partial charge in [0.1, 0.15) is 23.5 Å². The van der Waals surface area contributed by atoms with Crippen LogP contribution in [0.4, 0.5) is 4.79 Å². The van der Waals surface area contributed by atoms with E-state index in [1.165, 1.54) is 0 Å². The van der Waals surface area contributed by atoms with Crippen molar-refractivity contribution < 1.29 is 23.5 Å². The number of benzene rings is 2. The van der Waals surface area contributed by atoms with Crippen LogP contribution >= 0.6 is 0 Å². The number of Topliss-reactive ketones (excluding diaryl/α,β-unsaturated/α-hetero) is 1. The maximum Gasteiger partial charge on any atom is 0.325 e. The van der Waals surface area contributed by atoms with Crippen LogP contribution < -0.4 is 10.1 Å². The number of para-hydroxylation sites is 1. The van der Waals surface area contributed by atoms with E-state index in [1.807, 2.05) is 19.1 Å². The topological polar surface area (TPSA) is 88.8 Å². The van der Waals surface area contributed by atoms with Crippen LogP contribution in [0.15, 0.2) is 71.2 Å². The van der Waals surface area contributed by atoms with Gasteiger partial charge in [-0.1, -0.05) is 36.9 Å². The van der Waals surface area contributed by atoms with Crippen LogP contribution in [0.3, 0.4) is 0 Å². The molecule has 1 unspecified atom stereocenters. The van der Waals surface area contributed by atoms with Crippen LogP contribution in [0, 0.1) is 0 Å². The minimum absolute atomic E-state index is 0.106. The van der Waals surface area contributed by atoms with E-state index < -0.39 is 29.8 Å². The number of nitrogens with zero attached hydrogens (tertiary/aromatic N) is 1. The van der Waals surface area contributed by atoms with Gasteiger partial charge in [0.25, 0.3) is 5.91 Å². The summed E-state index contributed by atoms with van der Waals surface area (Å²) in [6.45, 7) is 7.26. The molecule has 7 nitrogen and oxygen atoms in total. The van der Waals surface area contributed by atoms with Crippen LogP contribution in [-0.4, -0.2) is 35.8 Å². The van der Waals surface area contributed by atoms with E-state index in [0.717, 1.165) is 15.9 Å². The van der Waals surface area contributed by atoms with Crippen LogP contribution in [0.5, 0.6) is 5.75 Å². The van der Waals surface area contributed by atoms with Crippen molar-refractivity contribution in [3.05, 3.63) is 78.1 Å². The number of ether oxygens (including phenoxy) is 1. The zero-order valence-corrected chi connectivity index (χ0v) is 17.3. The molecule has 3 aromatic rings. The van der Waals surface area contributed by atoms with Crippen molar-refractivity contribution in [2.75, 3.05) is 13.2 Å². The Morgan fingerprint density at radius 1 is 1.16 bits per heavy atom. The molecule has 7 heteroatoms. The normalized spacial score (nSPS) is 18.3. The highest BCUT2D eigenvalue weighted by molar-refractivity contribution is 6.11. The number of furan rings is 1. The molecule has 0 bridgehead atoms. The number of rotatable bonds is 7. The van der Waals surface area contributed by atoms with Gasteiger partial charge in [-0.25, -0.2) is 4.79 Å². The van der Waals surface area contributed by atoms with Crippen molar-refractivity contribution in [1.29, 1.82) is 0 Å². The van der Waals surface area contributed by atoms with Gasteiger partial charge >= 0.3 is 6.03 Å². The van der Waals surface area contributed by atoms with Crippen molar-refractivity contribution in [1.82, 2.24) is 10.2 Å². The van der Waals surface area contributed by atoms with Crippen molar-refractivity contribution in [3.63, 3.8) is 0 Å². The molecule has 0 aliphatic carbocycles. The average molecular weight is 418 g/mol. The fourth-order valence-electron chi connectivity index (χ4n) is 3.47. The Kier molecular flexibility index (Phi) is 5.10. The fraction of sp³-hybridized carbons (Fsp3) is 0.208. The maximum atomic E-state index is 13.1. The predicted octanol–water partition coefficient (Wildman–Crippen LogP) is 4.04. The zero-order chi connectivity index (χ0) is 22.2. The van der Waals surface area contributed by atoms with Crippen LogP contribution in [0.1, 0.15) is 30.0 Å². The first-order valence-electron chi connectivity index (χ1n) is 9.81. The molecule has 0 saturated carbocycles. The third-order valence-electron chi connectivity index (χ3n) is 5.19. The van der Waals surface area contributed by atoms with Crippen molar-refractivity contribution in [2.24, 2.45) is 0 Å². The molecule has 1 aliphatic heterocycles. The second-order valence-corrected chi connectivity index (χ2v) is 7.79. The molecule has 2 heterocycles. The molecule has 2 aromatic carbocycles. The lowest BCUT2D eigenvalue weighted by Gasteiger charge is -2.22. The van der Waals surface area contributed by atoms with Crippen LogP contribution in [0.25, 0.3) is 11.0 Å². The number of carbonyl (C=O) groups is 3. The summed E-state index contributed by atoms with van der Waals surface area (Å²) in [5, 5.41) is 3.48. The standard InChI is InChI=1S/C24H22N2O5/c1-15(2)14-30-18-10-8-17(9-11-18)24(3)22(28)26(23(29)25-24)13-19(27)21-12-16-6-4-5-7-20(16)31-21/h4-12H,1,13-14H2,2-3H3,(H,25,29). The van der Waals surface area contributed by atoms with Gasteiger partial charge in [-0.15, -0.1) is 0 Å². The predicted molar refractivity (Wildman–Crippen MR) is 115 cm³/mol. The highest BCUT2D eigenvalue weighted by Gasteiger charge is 2.49. The number of nitrogens with one attached hydrogen (secondary N) is 1. The van der Waals surface area contributed by atoms with Gasteiger partial charge in [-0.05, 0) is 49.2 Å². The summed E-state index contributed by atoms with van der Waals surface area (Å²) < 4.78 is 11.1. The molecule has 1 fully saturated rings. The molecule has 31 heavy (non-hydrogen) atoms. The first-order valence-corrected chi connectivity index (χ1v) is 9.81. The summed E-state index contributed by atoms with van der Waals surface area (Å²) in [6.07, 6.45) is 0. The molecular formula is C24H22N2O5. The van der Waals surface area contributed by atoms with Crippen molar-refractivity contribution in [2.45, 2.75) is 19.4 Å². The smallest absolute Gasteiger partial charge is 0.325 e. The molecule has 4 rings (SSSR count). The second kappa shape index (κ2) is 7.75. The third-order valence-corrected chi connectivity index (χ3v) is 5.19. The highest BCUT2D eigenvalue weighted by atomic mass is 16.5. The lowest BCUT2D eigenvalue weighted by Crippen LogP contribution is -2.41. The highest BCUT2D eigenvalue weighted by Crippen LogP contribution is 2.30. The van der Waals surface area contributed by atoms with Gasteiger partial charge in [0.2, 0.25) is 5.78 Å². The van der Waals surface area contributed by atoms with E-state index in [4.69, 9.17) is 9.15 Å². The van der Waals surface area contributed by atoms with E-state index in [1.54, 1.807) is 49.4 Å². The number of imide groups is 1. The fourth-order valence-corrected chi connectivity index (χ4v) is 3.47. The monoisotopic (exact) mass is 418 g/mol. The van der Waals surface area contributed by atoms with Crippen LogP contribution in [0.2, 0.25) is 0 Å². The third kappa shape index (κ3) is 3.82. The molecule has 1 N–H and O–H groups in total. The lowest BCUT2D eigenvalue weighted by molar-refractivity contribution is -0.130. The summed E-state index contributed by atoms with van der Waals surface area (Å²) in [5.41, 5.74) is 0.770. The summed E-state index contributed by atoms with van der Waals surface area (Å²) in [5.74, 6) is -0.219. The number of urea groups is 1. The van der Waals surface area contributed by atoms with Gasteiger partial charge < -0.3 is 14.5 Å². The molecule has 1 aliphatic rings. The number of hydrogen-bond acceptors (Lipinski definition) is 5. The van der Waals surface area contributed by atoms with E-state index >= 15 is 0 Å². The Hall–Kier alpha value is -3.87. The van der Waals surface area contributed by atoms with Gasteiger partial charge in [0.05, 0.1) is 6.54 Å². The Morgan fingerprint density at radius 3 is 2.55 bits per heavy atom. The maximum absolute atomic E-state index is 13.1. The Balaban J connectivity index is 1.51. The number of hydrogen-bond donors (Lipinski definition) is 1. The van der Waals surface area contributed by atoms with Crippen molar-refractivity contribution in [3.8, 4) is 5.75 Å². The minimum atomic E-state index is -1.28. The van der Waals surface area contributed by atoms with Gasteiger partial charge in [0.15, 0.2) is 5.76 Å². The molecule has 158 valence electrons. The summed E-state index contributed by atoms with van der Waals surface area (Å²) >= 11 is 0. The van der Waals surface area contributed by atoms with E-state index in [9.17, 15) is 14.4 Å². The Labute approximate surface area is 179 Å². The quantitative estimate of drug-likeness (QED) is 0.355. The van der Waals surface area contributed by atoms with E-state index in [2.05, 4.69) is 11.9 Å². The lowest BCUT2D eigenvalue weighted by atomic mass is 9.92. The molecule has 3 amide bonds. The summed E-state index contributed by atoms with van der Waals surface area (Å²) in [4.78, 5) is 39.2. The molecule has 0 spiro atoms. The number of fused-ring (bicyclic) bond motifs is 1. The number of amides is 3. The molecule has 1 aromatic heterocycles. The number of carbonyl (C=O) groups excluding carboxylic acids is 3. The zero-order valence-electron chi connectivity index (χ0n) is 17.3. The average Bonchev–Trinajstić information content (AvgIpc) is 3.28. The number of ketones is 1. The molecule has 1 saturated heterocycles. The molecule has 0 radical (unpaired) electrons. The first-order chi connectivity index (χ1) is 14.8. The second-order valence-electron chi connectivity index (χ2n) is 7.79. The van der Waals surface area contributed by atoms with Gasteiger partial charge in [-0.2, -0.15) is 0 Å². The van der Waals surface area contributed by atoms with E-state index in [0.29, 0.717) is 23.5 Å². The Morgan fingerprint density at radius 2 is 1.87 bits per heavy atom. The van der Waals surface area contributed by atoms with Crippen molar-refractivity contribution >= 4 is 28.7 Å². The Bertz CT molecular complexity index is 1160. The summed E-state index contributed by atoms with van der Waals surface area (Å²) in [7, 11) is 0. The van der Waals surface area contributed by atoms with Crippen LogP contribution in [-0.2, 0) is 10.3 Å². The SMILES string of the molecule is C=C(C)COc1ccc(C2(C)NC(=O)N(CC(=O)c3cc4ccccc4o3)C2=O)cc1. The first kappa shape index (κ1) is 20.4. The van der Waals surface area contributed by atoms with E-state index in [-0.39, 0.29) is 5.76 Å². The molecule has 1 atom stereocenters. The van der Waals surface area contributed by atoms with Gasteiger partial charge in [0, 0.05) is 5.39 Å². The van der Waals surface area contributed by atoms with Gasteiger partial charge in [-0.3, -0.25) is 14.5 Å². The summed E-state index contributed by atoms with van der Waals surface area (Å²) in [6, 6.07) is 15.1. The minimum Gasteiger partial charge on any atom is -0.489 e.